The van der Waals surface area contributed by atoms with Gasteiger partial charge in [-0.05, 0) is 42.8 Å². The predicted molar refractivity (Wildman–Crippen MR) is 93.3 cm³/mol. The van der Waals surface area contributed by atoms with Crippen LogP contribution in [0.25, 0.3) is 11.5 Å². The maximum absolute atomic E-state index is 12.1. The molecule has 24 heavy (non-hydrogen) atoms. The zero-order valence-electron chi connectivity index (χ0n) is 12.7. The Balaban J connectivity index is 1.70. The number of hydrogen-bond acceptors (Lipinski definition) is 4. The van der Waals surface area contributed by atoms with Crippen LogP contribution in [0.4, 0.5) is 5.69 Å². The van der Waals surface area contributed by atoms with Crippen molar-refractivity contribution in [3.05, 3.63) is 63.9 Å². The first-order valence-corrected chi connectivity index (χ1v) is 7.92. The number of halogens is 2. The Morgan fingerprint density at radius 3 is 2.79 bits per heavy atom. The van der Waals surface area contributed by atoms with Crippen LogP contribution < -0.4 is 5.32 Å². The molecule has 0 aliphatic carbocycles. The van der Waals surface area contributed by atoms with Crippen molar-refractivity contribution in [3.63, 3.8) is 0 Å². The molecular weight excluding hydrogens is 349 g/mol. The van der Waals surface area contributed by atoms with Gasteiger partial charge < -0.3 is 9.84 Å². The van der Waals surface area contributed by atoms with Gasteiger partial charge in [-0.15, -0.1) is 0 Å². The van der Waals surface area contributed by atoms with E-state index >= 15 is 0 Å². The highest BCUT2D eigenvalue weighted by Gasteiger charge is 2.14. The van der Waals surface area contributed by atoms with Gasteiger partial charge in [0.15, 0.2) is 5.82 Å². The third-order valence-corrected chi connectivity index (χ3v) is 4.04. The molecule has 5 nitrogen and oxygen atoms in total. The summed E-state index contributed by atoms with van der Waals surface area (Å²) in [6.45, 7) is 1.84. The molecule has 1 heterocycles. The molecule has 1 N–H and O–H groups in total. The second-order valence-corrected chi connectivity index (χ2v) is 6.01. The van der Waals surface area contributed by atoms with Gasteiger partial charge in [-0.2, -0.15) is 4.98 Å². The Kier molecular flexibility index (Phi) is 4.83. The number of hydrogen-bond donors (Lipinski definition) is 1. The van der Waals surface area contributed by atoms with Crippen LogP contribution in [0.2, 0.25) is 10.0 Å². The second kappa shape index (κ2) is 7.03. The van der Waals surface area contributed by atoms with Gasteiger partial charge in [0.1, 0.15) is 0 Å². The van der Waals surface area contributed by atoms with E-state index in [-0.39, 0.29) is 12.3 Å². The van der Waals surface area contributed by atoms with E-state index in [2.05, 4.69) is 15.5 Å². The lowest BCUT2D eigenvalue weighted by molar-refractivity contribution is -0.115. The Morgan fingerprint density at radius 2 is 2.00 bits per heavy atom. The molecule has 3 rings (SSSR count). The number of nitrogens with one attached hydrogen (secondary N) is 1. The molecule has 0 spiro atoms. The highest BCUT2D eigenvalue weighted by atomic mass is 35.5. The van der Waals surface area contributed by atoms with Crippen LogP contribution in [0.15, 0.2) is 47.0 Å². The second-order valence-electron chi connectivity index (χ2n) is 5.16. The molecule has 1 amide bonds. The van der Waals surface area contributed by atoms with E-state index in [1.54, 1.807) is 42.5 Å². The van der Waals surface area contributed by atoms with Crippen LogP contribution in [0, 0.1) is 6.92 Å². The van der Waals surface area contributed by atoms with Crippen molar-refractivity contribution < 1.29 is 9.32 Å². The standard InChI is InChI=1S/C17H13Cl2N3O2/c1-10-13(19)6-3-7-14(10)20-16(23)9-15-21-17(24-22-15)11-4-2-5-12(18)8-11/h2-8H,9H2,1H3,(H,20,23). The molecule has 7 heteroatoms. The van der Waals surface area contributed by atoms with Crippen LogP contribution in [-0.4, -0.2) is 16.0 Å². The lowest BCUT2D eigenvalue weighted by Crippen LogP contribution is -2.16. The van der Waals surface area contributed by atoms with Crippen molar-refractivity contribution in [2.45, 2.75) is 13.3 Å². The van der Waals surface area contributed by atoms with Crippen molar-refractivity contribution in [2.75, 3.05) is 5.32 Å². The van der Waals surface area contributed by atoms with Gasteiger partial charge in [0.2, 0.25) is 5.91 Å². The highest BCUT2D eigenvalue weighted by Crippen LogP contribution is 2.23. The first-order chi connectivity index (χ1) is 11.5. The minimum absolute atomic E-state index is 0.00395. The van der Waals surface area contributed by atoms with Crippen LogP contribution in [-0.2, 0) is 11.2 Å². The number of carbonyl (C=O) groups is 1. The Labute approximate surface area is 148 Å². The molecule has 0 saturated carbocycles. The van der Waals surface area contributed by atoms with Gasteiger partial charge in [0.25, 0.3) is 5.89 Å². The summed E-state index contributed by atoms with van der Waals surface area (Å²) in [4.78, 5) is 16.4. The first kappa shape index (κ1) is 16.5. The number of nitrogens with zero attached hydrogens (tertiary/aromatic N) is 2. The number of rotatable bonds is 4. The van der Waals surface area contributed by atoms with Crippen molar-refractivity contribution in [1.82, 2.24) is 10.1 Å². The van der Waals surface area contributed by atoms with E-state index < -0.39 is 0 Å². The monoisotopic (exact) mass is 361 g/mol. The predicted octanol–water partition coefficient (Wildman–Crippen LogP) is 4.53. The number of amides is 1. The molecule has 3 aromatic rings. The van der Waals surface area contributed by atoms with Gasteiger partial charge in [0, 0.05) is 21.3 Å². The van der Waals surface area contributed by atoms with E-state index in [4.69, 9.17) is 27.7 Å². The molecule has 0 radical (unpaired) electrons. The van der Waals surface area contributed by atoms with Gasteiger partial charge in [-0.25, -0.2) is 0 Å². The number of anilines is 1. The molecule has 0 bridgehead atoms. The van der Waals surface area contributed by atoms with Gasteiger partial charge in [-0.3, -0.25) is 4.79 Å². The van der Waals surface area contributed by atoms with E-state index in [1.165, 1.54) is 0 Å². The summed E-state index contributed by atoms with van der Waals surface area (Å²) in [7, 11) is 0. The molecule has 0 atom stereocenters. The largest absolute Gasteiger partial charge is 0.334 e. The maximum atomic E-state index is 12.1. The van der Waals surface area contributed by atoms with Crippen molar-refractivity contribution in [1.29, 1.82) is 0 Å². The van der Waals surface area contributed by atoms with Gasteiger partial charge in [0.05, 0.1) is 6.42 Å². The SMILES string of the molecule is Cc1c(Cl)cccc1NC(=O)Cc1noc(-c2cccc(Cl)c2)n1. The smallest absolute Gasteiger partial charge is 0.257 e. The maximum Gasteiger partial charge on any atom is 0.257 e. The normalized spacial score (nSPS) is 10.6. The topological polar surface area (TPSA) is 68.0 Å². The van der Waals surface area contributed by atoms with Crippen LogP contribution >= 0.6 is 23.2 Å². The minimum Gasteiger partial charge on any atom is -0.334 e. The number of aromatic nitrogens is 2. The third-order valence-electron chi connectivity index (χ3n) is 3.40. The molecule has 0 fully saturated rings. The fourth-order valence-corrected chi connectivity index (χ4v) is 2.51. The molecule has 2 aromatic carbocycles. The lowest BCUT2D eigenvalue weighted by Gasteiger charge is -2.08. The molecule has 0 aliphatic rings. The van der Waals surface area contributed by atoms with Gasteiger partial charge >= 0.3 is 0 Å². The minimum atomic E-state index is -0.251. The van der Waals surface area contributed by atoms with E-state index in [9.17, 15) is 4.79 Å². The summed E-state index contributed by atoms with van der Waals surface area (Å²) < 4.78 is 5.18. The van der Waals surface area contributed by atoms with Crippen molar-refractivity contribution in [3.8, 4) is 11.5 Å². The third kappa shape index (κ3) is 3.75. The zero-order chi connectivity index (χ0) is 17.1. The van der Waals surface area contributed by atoms with E-state index in [1.807, 2.05) is 6.92 Å². The first-order valence-electron chi connectivity index (χ1n) is 7.16. The fourth-order valence-electron chi connectivity index (χ4n) is 2.15. The Morgan fingerprint density at radius 1 is 1.21 bits per heavy atom. The molecule has 1 aromatic heterocycles. The molecule has 0 unspecified atom stereocenters. The Bertz CT molecular complexity index is 893. The van der Waals surface area contributed by atoms with Crippen LogP contribution in [0.3, 0.4) is 0 Å². The quantitative estimate of drug-likeness (QED) is 0.740. The molecule has 0 saturated heterocycles. The summed E-state index contributed by atoms with van der Waals surface area (Å²) in [5, 5.41) is 7.78. The summed E-state index contributed by atoms with van der Waals surface area (Å²) in [5.41, 5.74) is 2.17. The average Bonchev–Trinajstić information content (AvgIpc) is 3.00. The Hall–Kier alpha value is -2.37. The summed E-state index contributed by atoms with van der Waals surface area (Å²) in [6.07, 6.45) is -0.00395. The van der Waals surface area contributed by atoms with Crippen molar-refractivity contribution >= 4 is 34.8 Å². The molecular formula is C17H13Cl2N3O2. The van der Waals surface area contributed by atoms with Gasteiger partial charge in [-0.1, -0.05) is 40.5 Å². The number of benzene rings is 2. The lowest BCUT2D eigenvalue weighted by atomic mass is 10.2. The summed E-state index contributed by atoms with van der Waals surface area (Å²) >= 11 is 12.0. The molecule has 0 aliphatic heterocycles. The van der Waals surface area contributed by atoms with Crippen LogP contribution in [0.1, 0.15) is 11.4 Å². The summed E-state index contributed by atoms with van der Waals surface area (Å²) in [6, 6.07) is 12.4. The highest BCUT2D eigenvalue weighted by molar-refractivity contribution is 6.31. The average molecular weight is 362 g/mol. The zero-order valence-corrected chi connectivity index (χ0v) is 14.2. The fraction of sp³-hybridized carbons (Fsp3) is 0.118. The molecule has 122 valence electrons. The number of carbonyl (C=O) groups excluding carboxylic acids is 1. The summed E-state index contributed by atoms with van der Waals surface area (Å²) in [5.74, 6) is 0.361. The van der Waals surface area contributed by atoms with E-state index in [0.29, 0.717) is 33.0 Å². The van der Waals surface area contributed by atoms with E-state index in [0.717, 1.165) is 5.56 Å². The van der Waals surface area contributed by atoms with Crippen LogP contribution in [0.5, 0.6) is 0 Å². The van der Waals surface area contributed by atoms with Crippen molar-refractivity contribution in [2.24, 2.45) is 0 Å².